The molecule has 0 spiro atoms. The van der Waals surface area contributed by atoms with E-state index < -0.39 is 29.5 Å². The van der Waals surface area contributed by atoms with E-state index in [2.05, 4.69) is 10.3 Å². The fourth-order valence-electron chi connectivity index (χ4n) is 1.45. The summed E-state index contributed by atoms with van der Waals surface area (Å²) in [7, 11) is 0. The first-order valence-corrected chi connectivity index (χ1v) is 6.00. The van der Waals surface area contributed by atoms with Crippen LogP contribution in [0.4, 0.5) is 9.18 Å². The van der Waals surface area contributed by atoms with E-state index >= 15 is 0 Å². The molecule has 0 saturated heterocycles. The van der Waals surface area contributed by atoms with Gasteiger partial charge in [-0.25, -0.2) is 9.18 Å². The molecule has 1 aromatic rings. The molecule has 1 rings (SSSR count). The van der Waals surface area contributed by atoms with Crippen molar-refractivity contribution < 1.29 is 23.8 Å². The average Bonchev–Trinajstić information content (AvgIpc) is 2.25. The molecular formula is C13H17FN2O4. The van der Waals surface area contributed by atoms with Crippen LogP contribution in [0, 0.1) is 5.82 Å². The number of carboxylic acids is 1. The normalized spacial score (nSPS) is 12.6. The van der Waals surface area contributed by atoms with Crippen LogP contribution >= 0.6 is 0 Å². The highest BCUT2D eigenvalue weighted by Gasteiger charge is 2.23. The summed E-state index contributed by atoms with van der Waals surface area (Å²) >= 11 is 0. The second kappa shape index (κ2) is 6.31. The fourth-order valence-corrected chi connectivity index (χ4v) is 1.45. The van der Waals surface area contributed by atoms with Crippen LogP contribution < -0.4 is 5.32 Å². The predicted molar refractivity (Wildman–Crippen MR) is 68.6 cm³/mol. The van der Waals surface area contributed by atoms with E-state index in [1.54, 1.807) is 20.8 Å². The van der Waals surface area contributed by atoms with E-state index in [0.29, 0.717) is 0 Å². The van der Waals surface area contributed by atoms with E-state index in [1.807, 2.05) is 0 Å². The zero-order valence-corrected chi connectivity index (χ0v) is 11.5. The van der Waals surface area contributed by atoms with Gasteiger partial charge in [0.05, 0.1) is 24.4 Å². The molecule has 1 amide bonds. The van der Waals surface area contributed by atoms with Crippen molar-refractivity contribution in [3.8, 4) is 0 Å². The molecular weight excluding hydrogens is 267 g/mol. The lowest BCUT2D eigenvalue weighted by Gasteiger charge is -2.22. The van der Waals surface area contributed by atoms with E-state index in [4.69, 9.17) is 9.84 Å². The SMILES string of the molecule is CC(C)(C)OC(=O)NC(CC(=O)O)c1ccc(F)cn1. The molecule has 0 radical (unpaired) electrons. The van der Waals surface area contributed by atoms with Crippen LogP contribution in [-0.2, 0) is 9.53 Å². The molecule has 0 aromatic carbocycles. The molecule has 7 heteroatoms. The van der Waals surface area contributed by atoms with E-state index in [0.717, 1.165) is 12.3 Å². The monoisotopic (exact) mass is 284 g/mol. The predicted octanol–water partition coefficient (Wildman–Crippen LogP) is 2.26. The summed E-state index contributed by atoms with van der Waals surface area (Å²) in [5, 5.41) is 11.3. The van der Waals surface area contributed by atoms with Gasteiger partial charge in [0.2, 0.25) is 0 Å². The van der Waals surface area contributed by atoms with Crippen LogP contribution in [0.15, 0.2) is 18.3 Å². The van der Waals surface area contributed by atoms with E-state index in [-0.39, 0.29) is 12.1 Å². The Morgan fingerprint density at radius 1 is 1.45 bits per heavy atom. The molecule has 0 aliphatic rings. The van der Waals surface area contributed by atoms with E-state index in [9.17, 15) is 14.0 Å². The number of hydrogen-bond donors (Lipinski definition) is 2. The quantitative estimate of drug-likeness (QED) is 0.885. The molecule has 1 unspecified atom stereocenters. The first-order chi connectivity index (χ1) is 9.17. The Morgan fingerprint density at radius 3 is 2.55 bits per heavy atom. The number of carbonyl (C=O) groups is 2. The Bertz CT molecular complexity index is 482. The van der Waals surface area contributed by atoms with Gasteiger partial charge in [-0.15, -0.1) is 0 Å². The Hall–Kier alpha value is -2.18. The Balaban J connectivity index is 2.82. The Labute approximate surface area is 116 Å². The fraction of sp³-hybridized carbons (Fsp3) is 0.462. The van der Waals surface area contributed by atoms with Crippen molar-refractivity contribution in [2.75, 3.05) is 0 Å². The highest BCUT2D eigenvalue weighted by molar-refractivity contribution is 5.72. The number of aromatic nitrogens is 1. The van der Waals surface area contributed by atoms with Gasteiger partial charge in [-0.05, 0) is 32.9 Å². The summed E-state index contributed by atoms with van der Waals surface area (Å²) in [6.07, 6.45) is -0.173. The largest absolute Gasteiger partial charge is 0.481 e. The molecule has 2 N–H and O–H groups in total. The maximum Gasteiger partial charge on any atom is 0.408 e. The van der Waals surface area contributed by atoms with Crippen molar-refractivity contribution in [2.45, 2.75) is 38.8 Å². The zero-order chi connectivity index (χ0) is 15.3. The summed E-state index contributed by atoms with van der Waals surface area (Å²) < 4.78 is 17.9. The Kier molecular flexibility index (Phi) is 5.01. The maximum atomic E-state index is 12.8. The second-order valence-electron chi connectivity index (χ2n) is 5.20. The third kappa shape index (κ3) is 5.64. The number of amides is 1. The van der Waals surface area contributed by atoms with Gasteiger partial charge in [-0.2, -0.15) is 0 Å². The van der Waals surface area contributed by atoms with Crippen LogP contribution in [0.1, 0.15) is 38.9 Å². The molecule has 0 aliphatic heterocycles. The number of nitrogens with zero attached hydrogens (tertiary/aromatic N) is 1. The first-order valence-electron chi connectivity index (χ1n) is 6.00. The van der Waals surface area contributed by atoms with Gasteiger partial charge in [0, 0.05) is 0 Å². The molecule has 0 saturated carbocycles. The highest BCUT2D eigenvalue weighted by atomic mass is 19.1. The van der Waals surface area contributed by atoms with Crippen LogP contribution in [0.3, 0.4) is 0 Å². The summed E-state index contributed by atoms with van der Waals surface area (Å²) in [5.74, 6) is -1.66. The van der Waals surface area contributed by atoms with Crippen LogP contribution in [0.5, 0.6) is 0 Å². The third-order valence-corrected chi connectivity index (χ3v) is 2.18. The molecule has 1 atom stereocenters. The van der Waals surface area contributed by atoms with Gasteiger partial charge in [-0.1, -0.05) is 0 Å². The van der Waals surface area contributed by atoms with Gasteiger partial charge < -0.3 is 15.2 Å². The van der Waals surface area contributed by atoms with Gasteiger partial charge in [0.15, 0.2) is 0 Å². The van der Waals surface area contributed by atoms with Gasteiger partial charge in [-0.3, -0.25) is 9.78 Å². The molecule has 20 heavy (non-hydrogen) atoms. The number of hydrogen-bond acceptors (Lipinski definition) is 4. The van der Waals surface area contributed by atoms with Crippen molar-refractivity contribution in [2.24, 2.45) is 0 Å². The number of ether oxygens (including phenoxy) is 1. The van der Waals surface area contributed by atoms with Crippen molar-refractivity contribution in [1.29, 1.82) is 0 Å². The second-order valence-corrected chi connectivity index (χ2v) is 5.20. The summed E-state index contributed by atoms with van der Waals surface area (Å²) in [6.45, 7) is 5.07. The number of carboxylic acid groups (broad SMARTS) is 1. The van der Waals surface area contributed by atoms with Crippen LogP contribution in [-0.4, -0.2) is 27.8 Å². The molecule has 0 aliphatic carbocycles. The third-order valence-electron chi connectivity index (χ3n) is 2.18. The van der Waals surface area contributed by atoms with Crippen LogP contribution in [0.25, 0.3) is 0 Å². The van der Waals surface area contributed by atoms with Crippen molar-refractivity contribution in [3.63, 3.8) is 0 Å². The molecule has 1 heterocycles. The highest BCUT2D eigenvalue weighted by Crippen LogP contribution is 2.16. The number of pyridine rings is 1. The smallest absolute Gasteiger partial charge is 0.408 e. The van der Waals surface area contributed by atoms with Gasteiger partial charge in [0.1, 0.15) is 11.4 Å². The van der Waals surface area contributed by atoms with E-state index in [1.165, 1.54) is 6.07 Å². The van der Waals surface area contributed by atoms with Crippen molar-refractivity contribution in [3.05, 3.63) is 29.8 Å². The van der Waals surface area contributed by atoms with Crippen LogP contribution in [0.2, 0.25) is 0 Å². The minimum Gasteiger partial charge on any atom is -0.481 e. The minimum atomic E-state index is -1.11. The first kappa shape index (κ1) is 15.9. The number of halogens is 1. The molecule has 1 aromatic heterocycles. The number of aliphatic carboxylic acids is 1. The number of alkyl carbamates (subject to hydrolysis) is 1. The summed E-state index contributed by atoms with van der Waals surface area (Å²) in [6, 6.07) is 1.58. The topological polar surface area (TPSA) is 88.5 Å². The molecule has 0 bridgehead atoms. The lowest BCUT2D eigenvalue weighted by Crippen LogP contribution is -2.36. The lowest BCUT2D eigenvalue weighted by atomic mass is 10.1. The van der Waals surface area contributed by atoms with Crippen molar-refractivity contribution >= 4 is 12.1 Å². The standard InChI is InChI=1S/C13H17FN2O4/c1-13(2,3)20-12(19)16-10(6-11(17)18)9-5-4-8(14)7-15-9/h4-5,7,10H,6H2,1-3H3,(H,16,19)(H,17,18). The summed E-state index contributed by atoms with van der Waals surface area (Å²) in [5.41, 5.74) is -0.451. The number of rotatable bonds is 4. The minimum absolute atomic E-state index is 0.250. The van der Waals surface area contributed by atoms with Gasteiger partial charge in [0.25, 0.3) is 0 Å². The average molecular weight is 284 g/mol. The lowest BCUT2D eigenvalue weighted by molar-refractivity contribution is -0.137. The van der Waals surface area contributed by atoms with Gasteiger partial charge >= 0.3 is 12.1 Å². The number of nitrogens with one attached hydrogen (secondary N) is 1. The zero-order valence-electron chi connectivity index (χ0n) is 11.5. The molecule has 6 nitrogen and oxygen atoms in total. The molecule has 110 valence electrons. The molecule has 0 fully saturated rings. The van der Waals surface area contributed by atoms with Crippen molar-refractivity contribution in [1.82, 2.24) is 10.3 Å². The Morgan fingerprint density at radius 2 is 2.10 bits per heavy atom. The summed E-state index contributed by atoms with van der Waals surface area (Å²) in [4.78, 5) is 26.3. The maximum absolute atomic E-state index is 12.8. The number of carbonyl (C=O) groups excluding carboxylic acids is 1.